The number of nitrogens with one attached hydrogen (secondary N) is 1. The molecule has 0 aromatic heterocycles. The molecule has 0 spiro atoms. The molecule has 7 nitrogen and oxygen atoms in total. The molecule has 7 heteroatoms. The highest BCUT2D eigenvalue weighted by Crippen LogP contribution is 2.28. The van der Waals surface area contributed by atoms with Crippen molar-refractivity contribution in [3.63, 3.8) is 0 Å². The van der Waals surface area contributed by atoms with Gasteiger partial charge in [-0.2, -0.15) is 0 Å². The van der Waals surface area contributed by atoms with Crippen molar-refractivity contribution in [1.82, 2.24) is 4.90 Å². The van der Waals surface area contributed by atoms with E-state index in [0.717, 1.165) is 57.9 Å². The van der Waals surface area contributed by atoms with Gasteiger partial charge in [-0.3, -0.25) is 15.0 Å². The number of para-hydroxylation sites is 4. The zero-order valence-electron chi connectivity index (χ0n) is 16.3. The van der Waals surface area contributed by atoms with E-state index in [-0.39, 0.29) is 10.6 Å². The number of nitrogens with zero attached hydrogens (tertiary/aromatic N) is 3. The van der Waals surface area contributed by atoms with Gasteiger partial charge in [0.1, 0.15) is 11.4 Å². The van der Waals surface area contributed by atoms with E-state index < -0.39 is 0 Å². The fourth-order valence-corrected chi connectivity index (χ4v) is 3.57. The first-order valence-electron chi connectivity index (χ1n) is 9.76. The van der Waals surface area contributed by atoms with Crippen LogP contribution in [0.3, 0.4) is 0 Å². The van der Waals surface area contributed by atoms with E-state index in [1.54, 1.807) is 19.2 Å². The molecular formula is C21H28N4O3. The molecule has 1 fully saturated rings. The number of benzene rings is 2. The van der Waals surface area contributed by atoms with Crippen LogP contribution >= 0.6 is 0 Å². The van der Waals surface area contributed by atoms with Crippen LogP contribution in [0.4, 0.5) is 17.1 Å². The number of unbranched alkanes of at least 4 members (excludes halogenated alkanes) is 1. The predicted molar refractivity (Wildman–Crippen MR) is 112 cm³/mol. The van der Waals surface area contributed by atoms with Gasteiger partial charge in [-0.05, 0) is 37.6 Å². The van der Waals surface area contributed by atoms with Crippen LogP contribution in [0.2, 0.25) is 0 Å². The zero-order chi connectivity index (χ0) is 19.8. The molecule has 3 rings (SSSR count). The summed E-state index contributed by atoms with van der Waals surface area (Å²) in [7, 11) is 1.72. The summed E-state index contributed by atoms with van der Waals surface area (Å²) in [5.41, 5.74) is 1.89. The molecule has 1 aliphatic heterocycles. The largest absolute Gasteiger partial charge is 0.495 e. The van der Waals surface area contributed by atoms with Crippen LogP contribution in [0.5, 0.6) is 5.75 Å². The van der Waals surface area contributed by atoms with Gasteiger partial charge in [-0.25, -0.2) is 0 Å². The van der Waals surface area contributed by atoms with Crippen molar-refractivity contribution < 1.29 is 9.66 Å². The highest BCUT2D eigenvalue weighted by atomic mass is 16.6. The van der Waals surface area contributed by atoms with Crippen molar-refractivity contribution in [3.05, 3.63) is 58.6 Å². The maximum Gasteiger partial charge on any atom is 0.292 e. The molecule has 0 unspecified atom stereocenters. The number of nitro groups is 1. The van der Waals surface area contributed by atoms with Gasteiger partial charge in [0.25, 0.3) is 5.69 Å². The summed E-state index contributed by atoms with van der Waals surface area (Å²) in [5, 5.41) is 14.2. The Morgan fingerprint density at radius 1 is 1.04 bits per heavy atom. The number of piperazine rings is 1. The molecule has 0 bridgehead atoms. The van der Waals surface area contributed by atoms with Crippen LogP contribution in [0.25, 0.3) is 0 Å². The third-order valence-corrected chi connectivity index (χ3v) is 5.12. The van der Waals surface area contributed by atoms with Crippen LogP contribution in [0.15, 0.2) is 48.5 Å². The molecule has 0 saturated carbocycles. The minimum Gasteiger partial charge on any atom is -0.495 e. The predicted octanol–water partition coefficient (Wildman–Crippen LogP) is 3.62. The summed E-state index contributed by atoms with van der Waals surface area (Å²) < 4.78 is 5.47. The second-order valence-electron chi connectivity index (χ2n) is 6.91. The Labute approximate surface area is 166 Å². The SMILES string of the molecule is COc1ccccc1N1CCN(CCCCNc2ccccc2[N+](=O)[O-])CC1. The van der Waals surface area contributed by atoms with Crippen LogP contribution in [-0.2, 0) is 0 Å². The number of methoxy groups -OCH3 is 1. The Morgan fingerprint density at radius 2 is 1.75 bits per heavy atom. The molecule has 2 aromatic carbocycles. The van der Waals surface area contributed by atoms with Crippen LogP contribution < -0.4 is 15.0 Å². The Hall–Kier alpha value is -2.80. The van der Waals surface area contributed by atoms with Crippen molar-refractivity contribution in [1.29, 1.82) is 0 Å². The van der Waals surface area contributed by atoms with E-state index in [2.05, 4.69) is 21.2 Å². The van der Waals surface area contributed by atoms with Gasteiger partial charge < -0.3 is 15.0 Å². The molecule has 28 heavy (non-hydrogen) atoms. The van der Waals surface area contributed by atoms with Gasteiger partial charge in [0.05, 0.1) is 17.7 Å². The van der Waals surface area contributed by atoms with Crippen molar-refractivity contribution >= 4 is 17.1 Å². The number of rotatable bonds is 9. The molecule has 150 valence electrons. The van der Waals surface area contributed by atoms with E-state index in [1.165, 1.54) is 11.8 Å². The van der Waals surface area contributed by atoms with E-state index in [0.29, 0.717) is 5.69 Å². The molecule has 0 atom stereocenters. The second-order valence-corrected chi connectivity index (χ2v) is 6.91. The first-order valence-corrected chi connectivity index (χ1v) is 9.76. The quantitative estimate of drug-likeness (QED) is 0.405. The number of anilines is 2. The zero-order valence-corrected chi connectivity index (χ0v) is 16.3. The molecule has 2 aromatic rings. The fraction of sp³-hybridized carbons (Fsp3) is 0.429. The molecule has 1 N–H and O–H groups in total. The van der Waals surface area contributed by atoms with E-state index in [9.17, 15) is 10.1 Å². The third-order valence-electron chi connectivity index (χ3n) is 5.12. The van der Waals surface area contributed by atoms with Crippen molar-refractivity contribution in [2.45, 2.75) is 12.8 Å². The Balaban J connectivity index is 1.37. The highest BCUT2D eigenvalue weighted by Gasteiger charge is 2.19. The molecule has 1 aliphatic rings. The van der Waals surface area contributed by atoms with E-state index in [4.69, 9.17) is 4.74 Å². The Kier molecular flexibility index (Phi) is 7.08. The van der Waals surface area contributed by atoms with Gasteiger partial charge in [-0.15, -0.1) is 0 Å². The summed E-state index contributed by atoms with van der Waals surface area (Å²) in [6, 6.07) is 15.0. The Morgan fingerprint density at radius 3 is 2.50 bits per heavy atom. The highest BCUT2D eigenvalue weighted by molar-refractivity contribution is 5.61. The molecule has 0 aliphatic carbocycles. The fourth-order valence-electron chi connectivity index (χ4n) is 3.57. The van der Waals surface area contributed by atoms with Crippen molar-refractivity contribution in [2.24, 2.45) is 0 Å². The molecule has 0 amide bonds. The number of ether oxygens (including phenoxy) is 1. The summed E-state index contributed by atoms with van der Waals surface area (Å²) in [4.78, 5) is 15.6. The van der Waals surface area contributed by atoms with Gasteiger partial charge in [0.2, 0.25) is 0 Å². The van der Waals surface area contributed by atoms with Gasteiger partial charge in [-0.1, -0.05) is 24.3 Å². The maximum absolute atomic E-state index is 11.0. The monoisotopic (exact) mass is 384 g/mol. The van der Waals surface area contributed by atoms with Gasteiger partial charge >= 0.3 is 0 Å². The second kappa shape index (κ2) is 9.94. The van der Waals surface area contributed by atoms with Gasteiger partial charge in [0, 0.05) is 38.8 Å². The van der Waals surface area contributed by atoms with Crippen molar-refractivity contribution in [3.8, 4) is 5.75 Å². The summed E-state index contributed by atoms with van der Waals surface area (Å²) in [6.45, 7) is 5.86. The summed E-state index contributed by atoms with van der Waals surface area (Å²) in [5.74, 6) is 0.928. The maximum atomic E-state index is 11.0. The third kappa shape index (κ3) is 5.13. The standard InChI is InChI=1S/C21H28N4O3/c1-28-21-11-5-4-10-20(21)24-16-14-23(15-17-24)13-7-6-12-22-18-8-2-3-9-19(18)25(26)27/h2-5,8-11,22H,6-7,12-17H2,1H3. The van der Waals surface area contributed by atoms with Crippen LogP contribution in [-0.4, -0.2) is 56.2 Å². The molecule has 1 saturated heterocycles. The lowest BCUT2D eigenvalue weighted by atomic mass is 10.2. The van der Waals surface area contributed by atoms with Crippen molar-refractivity contribution in [2.75, 3.05) is 56.6 Å². The number of hydrogen-bond acceptors (Lipinski definition) is 6. The summed E-state index contributed by atoms with van der Waals surface area (Å²) in [6.07, 6.45) is 2.06. The van der Waals surface area contributed by atoms with Gasteiger partial charge in [0.15, 0.2) is 0 Å². The van der Waals surface area contributed by atoms with E-state index >= 15 is 0 Å². The molecular weight excluding hydrogens is 356 g/mol. The number of hydrogen-bond donors (Lipinski definition) is 1. The first kappa shape index (κ1) is 19.9. The lowest BCUT2D eigenvalue weighted by Crippen LogP contribution is -2.46. The van der Waals surface area contributed by atoms with Crippen LogP contribution in [0.1, 0.15) is 12.8 Å². The minimum absolute atomic E-state index is 0.134. The average Bonchev–Trinajstić information content (AvgIpc) is 2.74. The average molecular weight is 384 g/mol. The van der Waals surface area contributed by atoms with Crippen LogP contribution in [0, 0.1) is 10.1 Å². The first-order chi connectivity index (χ1) is 13.7. The normalized spacial score (nSPS) is 14.7. The smallest absolute Gasteiger partial charge is 0.292 e. The molecule has 0 radical (unpaired) electrons. The Bertz CT molecular complexity index is 776. The van der Waals surface area contributed by atoms with E-state index in [1.807, 2.05) is 24.3 Å². The minimum atomic E-state index is -0.344. The topological polar surface area (TPSA) is 70.9 Å². The molecule has 1 heterocycles. The lowest BCUT2D eigenvalue weighted by molar-refractivity contribution is -0.384. The number of nitro benzene ring substituents is 1. The lowest BCUT2D eigenvalue weighted by Gasteiger charge is -2.36. The summed E-state index contributed by atoms with van der Waals surface area (Å²) >= 11 is 0.